The molecule has 0 atom stereocenters. The number of nitrogens with one attached hydrogen (secondary N) is 1. The van der Waals surface area contributed by atoms with E-state index < -0.39 is 0 Å². The monoisotopic (exact) mass is 375 g/mol. The molecule has 0 saturated carbocycles. The van der Waals surface area contributed by atoms with E-state index in [1.165, 1.54) is 0 Å². The van der Waals surface area contributed by atoms with E-state index in [4.69, 9.17) is 13.6 Å². The van der Waals surface area contributed by atoms with Gasteiger partial charge in [-0.2, -0.15) is 0 Å². The van der Waals surface area contributed by atoms with Crippen molar-refractivity contribution in [3.05, 3.63) is 64.7 Å². The Morgan fingerprint density at radius 1 is 1.26 bits per heavy atom. The number of rotatable bonds is 5. The van der Waals surface area contributed by atoms with E-state index in [2.05, 4.69) is 21.2 Å². The number of carbonyl (C=O) groups is 1. The maximum Gasteiger partial charge on any atom is 0.252 e. The molecule has 2 aromatic heterocycles. The Morgan fingerprint density at radius 2 is 2.13 bits per heavy atom. The molecule has 6 heteroatoms. The summed E-state index contributed by atoms with van der Waals surface area (Å²) in [5.41, 5.74) is 1.36. The van der Waals surface area contributed by atoms with Crippen molar-refractivity contribution in [3.63, 3.8) is 0 Å². The number of ether oxygens (including phenoxy) is 1. The summed E-state index contributed by atoms with van der Waals surface area (Å²) in [5.74, 6) is 1.77. The van der Waals surface area contributed by atoms with Gasteiger partial charge < -0.3 is 18.9 Å². The van der Waals surface area contributed by atoms with Gasteiger partial charge in [-0.1, -0.05) is 0 Å². The van der Waals surface area contributed by atoms with Crippen molar-refractivity contribution in [2.45, 2.75) is 6.54 Å². The van der Waals surface area contributed by atoms with Crippen LogP contribution < -0.4 is 10.1 Å². The lowest BCUT2D eigenvalue weighted by Crippen LogP contribution is -2.23. The zero-order chi connectivity index (χ0) is 16.2. The first-order chi connectivity index (χ1) is 11.2. The van der Waals surface area contributed by atoms with Crippen molar-refractivity contribution >= 4 is 21.8 Å². The van der Waals surface area contributed by atoms with Gasteiger partial charge in [0.1, 0.15) is 23.5 Å². The van der Waals surface area contributed by atoms with E-state index >= 15 is 0 Å². The van der Waals surface area contributed by atoms with Crippen LogP contribution in [0.15, 0.2) is 62.2 Å². The third-order valence-corrected chi connectivity index (χ3v) is 4.00. The Labute approximate surface area is 141 Å². The SMILES string of the molecule is COc1ccc(Br)c(C(=O)NCc2ccc(-c3ccoc3)o2)c1. The number of furan rings is 2. The summed E-state index contributed by atoms with van der Waals surface area (Å²) in [5, 5.41) is 2.82. The molecule has 0 aliphatic rings. The lowest BCUT2D eigenvalue weighted by Gasteiger charge is -2.07. The minimum absolute atomic E-state index is 0.211. The van der Waals surface area contributed by atoms with E-state index in [0.717, 1.165) is 5.56 Å². The first kappa shape index (κ1) is 15.4. The molecule has 0 saturated heterocycles. The fraction of sp³-hybridized carbons (Fsp3) is 0.118. The summed E-state index contributed by atoms with van der Waals surface area (Å²) < 4.78 is 16.5. The van der Waals surface area contributed by atoms with Gasteiger partial charge in [0.25, 0.3) is 5.91 Å². The van der Waals surface area contributed by atoms with Gasteiger partial charge in [0.15, 0.2) is 0 Å². The molecule has 0 fully saturated rings. The first-order valence-electron chi connectivity index (χ1n) is 6.90. The second-order valence-electron chi connectivity index (χ2n) is 4.81. The molecule has 0 unspecified atom stereocenters. The van der Waals surface area contributed by atoms with Gasteiger partial charge in [0.2, 0.25) is 0 Å². The lowest BCUT2D eigenvalue weighted by molar-refractivity contribution is 0.0947. The summed E-state index contributed by atoms with van der Waals surface area (Å²) in [4.78, 5) is 12.3. The number of hydrogen-bond acceptors (Lipinski definition) is 4. The fourth-order valence-electron chi connectivity index (χ4n) is 2.10. The van der Waals surface area contributed by atoms with Crippen LogP contribution in [0, 0.1) is 0 Å². The number of carbonyl (C=O) groups excluding carboxylic acids is 1. The molecule has 1 aromatic carbocycles. The second-order valence-corrected chi connectivity index (χ2v) is 5.66. The molecule has 0 spiro atoms. The summed E-state index contributed by atoms with van der Waals surface area (Å²) in [6.45, 7) is 0.292. The van der Waals surface area contributed by atoms with Gasteiger partial charge in [0, 0.05) is 4.47 Å². The van der Waals surface area contributed by atoms with E-state index in [0.29, 0.717) is 33.9 Å². The van der Waals surface area contributed by atoms with Crippen LogP contribution in [-0.2, 0) is 6.54 Å². The van der Waals surface area contributed by atoms with Crippen LogP contribution in [0.4, 0.5) is 0 Å². The van der Waals surface area contributed by atoms with Crippen molar-refractivity contribution in [2.75, 3.05) is 7.11 Å². The summed E-state index contributed by atoms with van der Waals surface area (Å²) in [7, 11) is 1.56. The largest absolute Gasteiger partial charge is 0.497 e. The van der Waals surface area contributed by atoms with Gasteiger partial charge in [-0.15, -0.1) is 0 Å². The van der Waals surface area contributed by atoms with E-state index in [9.17, 15) is 4.79 Å². The predicted molar refractivity (Wildman–Crippen MR) is 88.3 cm³/mol. The van der Waals surface area contributed by atoms with Crippen molar-refractivity contribution in [1.82, 2.24) is 5.32 Å². The zero-order valence-corrected chi connectivity index (χ0v) is 13.9. The molecular weight excluding hydrogens is 362 g/mol. The van der Waals surface area contributed by atoms with Gasteiger partial charge in [-0.25, -0.2) is 0 Å². The van der Waals surface area contributed by atoms with Crippen molar-refractivity contribution in [3.8, 4) is 17.1 Å². The Bertz CT molecular complexity index is 808. The topological polar surface area (TPSA) is 64.6 Å². The highest BCUT2D eigenvalue weighted by Crippen LogP contribution is 2.24. The summed E-state index contributed by atoms with van der Waals surface area (Å²) in [6.07, 6.45) is 3.19. The average Bonchev–Trinajstić information content (AvgIpc) is 3.24. The van der Waals surface area contributed by atoms with E-state index in [1.54, 1.807) is 37.8 Å². The van der Waals surface area contributed by atoms with Crippen LogP contribution in [0.25, 0.3) is 11.3 Å². The van der Waals surface area contributed by atoms with Crippen molar-refractivity contribution < 1.29 is 18.4 Å². The van der Waals surface area contributed by atoms with Crippen LogP contribution in [0.3, 0.4) is 0 Å². The normalized spacial score (nSPS) is 10.5. The van der Waals surface area contributed by atoms with Crippen LogP contribution in [0.1, 0.15) is 16.1 Å². The molecule has 23 heavy (non-hydrogen) atoms. The molecule has 3 aromatic rings. The highest BCUT2D eigenvalue weighted by atomic mass is 79.9. The smallest absolute Gasteiger partial charge is 0.252 e. The number of amides is 1. The molecule has 0 bridgehead atoms. The molecular formula is C17H14BrNO4. The van der Waals surface area contributed by atoms with Gasteiger partial charge in [0.05, 0.1) is 31.0 Å². The number of benzene rings is 1. The Kier molecular flexibility index (Phi) is 4.52. The Morgan fingerprint density at radius 3 is 2.87 bits per heavy atom. The van der Waals surface area contributed by atoms with E-state index in [1.807, 2.05) is 18.2 Å². The maximum atomic E-state index is 12.3. The van der Waals surface area contributed by atoms with Gasteiger partial charge in [-0.3, -0.25) is 4.79 Å². The third kappa shape index (κ3) is 3.48. The number of methoxy groups -OCH3 is 1. The molecule has 0 radical (unpaired) electrons. The van der Waals surface area contributed by atoms with Gasteiger partial charge in [-0.05, 0) is 52.3 Å². The standard InChI is InChI=1S/C17H14BrNO4/c1-21-12-2-4-15(18)14(8-12)17(20)19-9-13-3-5-16(23-13)11-6-7-22-10-11/h2-8,10H,9H2,1H3,(H,19,20). The summed E-state index contributed by atoms with van der Waals surface area (Å²) >= 11 is 3.37. The van der Waals surface area contributed by atoms with E-state index in [-0.39, 0.29) is 5.91 Å². The Hall–Kier alpha value is -2.47. The maximum absolute atomic E-state index is 12.3. The van der Waals surface area contributed by atoms with Gasteiger partial charge >= 0.3 is 0 Å². The highest BCUT2D eigenvalue weighted by Gasteiger charge is 2.12. The fourth-order valence-corrected chi connectivity index (χ4v) is 2.53. The molecule has 0 aliphatic carbocycles. The quantitative estimate of drug-likeness (QED) is 0.724. The lowest BCUT2D eigenvalue weighted by atomic mass is 10.2. The molecule has 5 nitrogen and oxygen atoms in total. The predicted octanol–water partition coefficient (Wildman–Crippen LogP) is 4.24. The molecule has 3 rings (SSSR count). The average molecular weight is 376 g/mol. The van der Waals surface area contributed by atoms with Crippen molar-refractivity contribution in [1.29, 1.82) is 0 Å². The number of halogens is 1. The van der Waals surface area contributed by atoms with Crippen LogP contribution >= 0.6 is 15.9 Å². The molecule has 1 N–H and O–H groups in total. The number of hydrogen-bond donors (Lipinski definition) is 1. The minimum Gasteiger partial charge on any atom is -0.497 e. The molecule has 1 amide bonds. The highest BCUT2D eigenvalue weighted by molar-refractivity contribution is 9.10. The second kappa shape index (κ2) is 6.75. The first-order valence-corrected chi connectivity index (χ1v) is 7.69. The minimum atomic E-state index is -0.211. The molecule has 118 valence electrons. The van der Waals surface area contributed by atoms with Crippen LogP contribution in [0.5, 0.6) is 5.75 Å². The summed E-state index contributed by atoms with van der Waals surface area (Å²) in [6, 6.07) is 10.7. The molecule has 0 aliphatic heterocycles. The van der Waals surface area contributed by atoms with Crippen molar-refractivity contribution in [2.24, 2.45) is 0 Å². The zero-order valence-electron chi connectivity index (χ0n) is 12.3. The Balaban J connectivity index is 1.67. The molecule has 2 heterocycles. The third-order valence-electron chi connectivity index (χ3n) is 3.31. The van der Waals surface area contributed by atoms with Crippen LogP contribution in [-0.4, -0.2) is 13.0 Å². The van der Waals surface area contributed by atoms with Crippen LogP contribution in [0.2, 0.25) is 0 Å².